The number of carbonyl (C=O) groups is 2. The van der Waals surface area contributed by atoms with Gasteiger partial charge in [0, 0.05) is 29.8 Å². The third-order valence-corrected chi connectivity index (χ3v) is 7.49. The van der Waals surface area contributed by atoms with Gasteiger partial charge in [-0.25, -0.2) is 4.79 Å². The molecule has 5 rings (SSSR count). The maximum Gasteiger partial charge on any atom is 0.326 e. The third-order valence-electron chi connectivity index (χ3n) is 7.49. The van der Waals surface area contributed by atoms with Gasteiger partial charge in [0.2, 0.25) is 5.91 Å². The molecule has 188 valence electrons. The Kier molecular flexibility index (Phi) is 6.91. The van der Waals surface area contributed by atoms with Gasteiger partial charge in [-0.05, 0) is 41.0 Å². The highest BCUT2D eigenvalue weighted by molar-refractivity contribution is 5.97. The van der Waals surface area contributed by atoms with Gasteiger partial charge in [0.05, 0.1) is 12.5 Å². The van der Waals surface area contributed by atoms with E-state index < -0.39 is 17.4 Å². The number of ether oxygens (including phenoxy) is 1. The number of fused-ring (bicyclic) bond motifs is 1. The number of rotatable bonds is 8. The fraction of sp³-hybridized carbons (Fsp3) is 0.258. The smallest absolute Gasteiger partial charge is 0.326 e. The van der Waals surface area contributed by atoms with Crippen molar-refractivity contribution >= 4 is 22.6 Å². The predicted octanol–water partition coefficient (Wildman–Crippen LogP) is 5.53. The number of nitrogens with zero attached hydrogens (tertiary/aromatic N) is 1. The van der Waals surface area contributed by atoms with Crippen LogP contribution < -0.4 is 10.1 Å². The van der Waals surface area contributed by atoms with Crippen LogP contribution in [0.5, 0.6) is 5.75 Å². The molecule has 0 spiro atoms. The normalized spacial score (nSPS) is 15.3. The van der Waals surface area contributed by atoms with Gasteiger partial charge in [-0.1, -0.05) is 79.6 Å². The van der Waals surface area contributed by atoms with Crippen LogP contribution >= 0.6 is 0 Å². The number of carboxylic acids is 1. The van der Waals surface area contributed by atoms with Gasteiger partial charge in [-0.15, -0.1) is 0 Å². The summed E-state index contributed by atoms with van der Waals surface area (Å²) in [6, 6.07) is 22.4. The molecule has 0 unspecified atom stereocenters. The van der Waals surface area contributed by atoms with E-state index in [-0.39, 0.29) is 12.3 Å². The second-order valence-electron chi connectivity index (χ2n) is 9.66. The summed E-state index contributed by atoms with van der Waals surface area (Å²) < 4.78 is 5.46. The maximum absolute atomic E-state index is 13.8. The van der Waals surface area contributed by atoms with Gasteiger partial charge in [-0.2, -0.15) is 0 Å². The van der Waals surface area contributed by atoms with Crippen molar-refractivity contribution in [3.8, 4) is 16.9 Å². The minimum absolute atomic E-state index is 0.192. The molecular formula is C31H30N2O4. The molecule has 1 aliphatic carbocycles. The Morgan fingerprint density at radius 3 is 2.41 bits per heavy atom. The molecule has 1 heterocycles. The van der Waals surface area contributed by atoms with Crippen LogP contribution in [-0.2, 0) is 21.4 Å². The Labute approximate surface area is 216 Å². The van der Waals surface area contributed by atoms with Crippen LogP contribution in [0.4, 0.5) is 0 Å². The molecule has 1 amide bonds. The number of hydrogen-bond acceptors (Lipinski definition) is 4. The van der Waals surface area contributed by atoms with E-state index in [1.165, 1.54) is 0 Å². The van der Waals surface area contributed by atoms with E-state index in [1.807, 2.05) is 72.8 Å². The van der Waals surface area contributed by atoms with Crippen LogP contribution in [-0.4, -0.2) is 35.1 Å². The Morgan fingerprint density at radius 1 is 0.973 bits per heavy atom. The molecule has 6 heteroatoms. The second-order valence-corrected chi connectivity index (χ2v) is 9.66. The lowest BCUT2D eigenvalue weighted by Crippen LogP contribution is -2.50. The number of pyridine rings is 1. The Bertz CT molecular complexity index is 1420. The molecule has 2 N–H and O–H groups in total. The number of amides is 1. The van der Waals surface area contributed by atoms with Crippen LogP contribution in [0, 0.1) is 0 Å². The molecule has 1 saturated carbocycles. The van der Waals surface area contributed by atoms with Crippen molar-refractivity contribution in [2.75, 3.05) is 7.11 Å². The van der Waals surface area contributed by atoms with E-state index in [2.05, 4.69) is 10.3 Å². The lowest BCUT2D eigenvalue weighted by atomic mass is 9.76. The average Bonchev–Trinajstić information content (AvgIpc) is 3.44. The number of aromatic nitrogens is 1. The van der Waals surface area contributed by atoms with Crippen molar-refractivity contribution in [2.45, 2.75) is 43.6 Å². The SMILES string of the molecule is COc1ccccc1-c1ccc(C[C@H](NC(=O)C2(c3cncc4ccccc34)CCCC2)C(=O)O)cc1. The lowest BCUT2D eigenvalue weighted by molar-refractivity contribution is -0.142. The van der Waals surface area contributed by atoms with Crippen LogP contribution in [0.25, 0.3) is 21.9 Å². The summed E-state index contributed by atoms with van der Waals surface area (Å²) in [4.78, 5) is 30.5. The summed E-state index contributed by atoms with van der Waals surface area (Å²) in [7, 11) is 1.64. The fourth-order valence-corrected chi connectivity index (χ4v) is 5.53. The van der Waals surface area contributed by atoms with Crippen molar-refractivity contribution in [1.82, 2.24) is 10.3 Å². The zero-order valence-corrected chi connectivity index (χ0v) is 20.8. The molecule has 3 aromatic carbocycles. The molecule has 1 fully saturated rings. The third kappa shape index (κ3) is 4.79. The number of hydrogen-bond donors (Lipinski definition) is 2. The number of carbonyl (C=O) groups excluding carboxylic acids is 1. The van der Waals surface area contributed by atoms with Crippen LogP contribution in [0.1, 0.15) is 36.8 Å². The summed E-state index contributed by atoms with van der Waals surface area (Å²) in [5.41, 5.74) is 2.87. The Balaban J connectivity index is 1.39. The molecule has 1 aromatic heterocycles. The Hall–Kier alpha value is -4.19. The molecule has 0 saturated heterocycles. The van der Waals surface area contributed by atoms with E-state index in [0.29, 0.717) is 12.8 Å². The highest BCUT2D eigenvalue weighted by Crippen LogP contribution is 2.44. The van der Waals surface area contributed by atoms with E-state index in [0.717, 1.165) is 51.6 Å². The predicted molar refractivity (Wildman–Crippen MR) is 144 cm³/mol. The number of benzene rings is 3. The molecule has 37 heavy (non-hydrogen) atoms. The van der Waals surface area contributed by atoms with Gasteiger partial charge < -0.3 is 15.2 Å². The first-order valence-corrected chi connectivity index (χ1v) is 12.6. The molecule has 1 aliphatic rings. The first-order chi connectivity index (χ1) is 18.0. The van der Waals surface area contributed by atoms with Gasteiger partial charge >= 0.3 is 5.97 Å². The zero-order valence-electron chi connectivity index (χ0n) is 20.8. The van der Waals surface area contributed by atoms with E-state index in [4.69, 9.17) is 4.74 Å². The largest absolute Gasteiger partial charge is 0.496 e. The minimum Gasteiger partial charge on any atom is -0.496 e. The van der Waals surface area contributed by atoms with E-state index in [9.17, 15) is 14.7 Å². The highest BCUT2D eigenvalue weighted by Gasteiger charge is 2.45. The van der Waals surface area contributed by atoms with E-state index in [1.54, 1.807) is 19.5 Å². The number of nitrogens with one attached hydrogen (secondary N) is 1. The Morgan fingerprint density at radius 2 is 1.68 bits per heavy atom. The number of carboxylic acid groups (broad SMARTS) is 1. The first kappa shape index (κ1) is 24.5. The number of methoxy groups -OCH3 is 1. The minimum atomic E-state index is -1.05. The van der Waals surface area contributed by atoms with Gasteiger partial charge in [0.25, 0.3) is 0 Å². The van der Waals surface area contributed by atoms with Crippen LogP contribution in [0.2, 0.25) is 0 Å². The first-order valence-electron chi connectivity index (χ1n) is 12.6. The summed E-state index contributed by atoms with van der Waals surface area (Å²) >= 11 is 0. The monoisotopic (exact) mass is 494 g/mol. The van der Waals surface area contributed by atoms with Gasteiger partial charge in [0.1, 0.15) is 11.8 Å². The summed E-state index contributed by atoms with van der Waals surface area (Å²) in [5.74, 6) is -0.511. The van der Waals surface area contributed by atoms with Gasteiger partial charge in [-0.3, -0.25) is 9.78 Å². The fourth-order valence-electron chi connectivity index (χ4n) is 5.53. The van der Waals surface area contributed by atoms with Crippen molar-refractivity contribution in [3.05, 3.63) is 96.3 Å². The van der Waals surface area contributed by atoms with Crippen molar-refractivity contribution in [3.63, 3.8) is 0 Å². The summed E-state index contributed by atoms with van der Waals surface area (Å²) in [6.07, 6.45) is 6.95. The lowest BCUT2D eigenvalue weighted by Gasteiger charge is -2.30. The van der Waals surface area contributed by atoms with E-state index >= 15 is 0 Å². The molecule has 0 aliphatic heterocycles. The number of aliphatic carboxylic acids is 1. The maximum atomic E-state index is 13.8. The van der Waals surface area contributed by atoms with Crippen molar-refractivity contribution < 1.29 is 19.4 Å². The van der Waals surface area contributed by atoms with Crippen LogP contribution in [0.15, 0.2) is 85.2 Å². The molecule has 0 radical (unpaired) electrons. The molecular weight excluding hydrogens is 464 g/mol. The quantitative estimate of drug-likeness (QED) is 0.336. The summed E-state index contributed by atoms with van der Waals surface area (Å²) in [5, 5.41) is 14.9. The average molecular weight is 495 g/mol. The highest BCUT2D eigenvalue weighted by atomic mass is 16.5. The number of para-hydroxylation sites is 1. The molecule has 6 nitrogen and oxygen atoms in total. The van der Waals surface area contributed by atoms with Crippen LogP contribution in [0.3, 0.4) is 0 Å². The summed E-state index contributed by atoms with van der Waals surface area (Å²) in [6.45, 7) is 0. The molecule has 0 bridgehead atoms. The van der Waals surface area contributed by atoms with Crippen molar-refractivity contribution in [2.24, 2.45) is 0 Å². The molecule has 1 atom stereocenters. The topological polar surface area (TPSA) is 88.5 Å². The standard InChI is InChI=1S/C31H30N2O4/c1-37-28-11-5-4-10-25(28)22-14-12-21(13-15-22)18-27(29(34)35)33-30(36)31(16-6-7-17-31)26-20-32-19-23-8-2-3-9-24(23)26/h2-5,8-15,19-20,27H,6-7,16-18H2,1H3,(H,33,36)(H,34,35)/t27-/m0/s1. The van der Waals surface area contributed by atoms with Crippen molar-refractivity contribution in [1.29, 1.82) is 0 Å². The second kappa shape index (κ2) is 10.4. The van der Waals surface area contributed by atoms with Gasteiger partial charge in [0.15, 0.2) is 0 Å². The zero-order chi connectivity index (χ0) is 25.8. The molecule has 4 aromatic rings.